The van der Waals surface area contributed by atoms with Gasteiger partial charge in [-0.2, -0.15) is 0 Å². The summed E-state index contributed by atoms with van der Waals surface area (Å²) in [5.41, 5.74) is 6.19. The molecule has 7 heteroatoms. The molecule has 2 aliphatic rings. The Morgan fingerprint density at radius 3 is 2.62 bits per heavy atom. The molecule has 1 aliphatic carbocycles. The molecule has 0 radical (unpaired) electrons. The number of aromatic nitrogens is 1. The van der Waals surface area contributed by atoms with Crippen molar-refractivity contribution in [1.82, 2.24) is 4.57 Å². The lowest BCUT2D eigenvalue weighted by Gasteiger charge is -2.30. The first kappa shape index (κ1) is 22.3. The fourth-order valence-corrected chi connectivity index (χ4v) is 4.70. The lowest BCUT2D eigenvalue weighted by molar-refractivity contribution is 0.130. The van der Waals surface area contributed by atoms with E-state index in [9.17, 15) is 4.79 Å². The molecule has 1 saturated carbocycles. The van der Waals surface area contributed by atoms with Crippen molar-refractivity contribution in [3.63, 3.8) is 0 Å². The predicted octanol–water partition coefficient (Wildman–Crippen LogP) is 6.51. The van der Waals surface area contributed by atoms with Gasteiger partial charge in [-0.05, 0) is 69.9 Å². The lowest BCUT2D eigenvalue weighted by Crippen LogP contribution is -2.18. The Morgan fingerprint density at radius 1 is 1.21 bits per heavy atom. The standard InChI is InChI=1S/C27H31N3O4/c1-4-32-21-12-13-22-24(16-21)30(20-6-5-7-20)26(25(22)23-14-15-33-29-23)18-8-10-19(11-9-18)28-27(31)34-17(2)3/h8-13,16-17,20H,4-7,14-15H2,1-3H3,(H,28,31). The van der Waals surface area contributed by atoms with Crippen LogP contribution in [0.4, 0.5) is 10.5 Å². The van der Waals surface area contributed by atoms with Crippen LogP contribution in [0.15, 0.2) is 47.6 Å². The number of hydrogen-bond donors (Lipinski definition) is 1. The monoisotopic (exact) mass is 461 g/mol. The summed E-state index contributed by atoms with van der Waals surface area (Å²) in [6.45, 7) is 6.89. The number of oxime groups is 1. The number of anilines is 1. The highest BCUT2D eigenvalue weighted by Crippen LogP contribution is 2.44. The maximum Gasteiger partial charge on any atom is 0.411 e. The first-order chi connectivity index (χ1) is 16.5. The average molecular weight is 462 g/mol. The molecule has 0 unspecified atom stereocenters. The fourth-order valence-electron chi connectivity index (χ4n) is 4.70. The number of fused-ring (bicyclic) bond motifs is 1. The van der Waals surface area contributed by atoms with E-state index in [2.05, 4.69) is 39.3 Å². The van der Waals surface area contributed by atoms with Crippen molar-refractivity contribution >= 4 is 28.4 Å². The van der Waals surface area contributed by atoms with Gasteiger partial charge in [0.05, 0.1) is 29.6 Å². The van der Waals surface area contributed by atoms with Crippen molar-refractivity contribution in [2.45, 2.75) is 58.6 Å². The highest BCUT2D eigenvalue weighted by Gasteiger charge is 2.30. The number of ether oxygens (including phenoxy) is 2. The maximum atomic E-state index is 12.0. The summed E-state index contributed by atoms with van der Waals surface area (Å²) < 4.78 is 13.5. The summed E-state index contributed by atoms with van der Waals surface area (Å²) in [7, 11) is 0. The van der Waals surface area contributed by atoms with Gasteiger partial charge in [0.25, 0.3) is 0 Å². The molecular weight excluding hydrogens is 430 g/mol. The van der Waals surface area contributed by atoms with Gasteiger partial charge in [-0.1, -0.05) is 17.3 Å². The van der Waals surface area contributed by atoms with Crippen LogP contribution in [0.1, 0.15) is 58.1 Å². The van der Waals surface area contributed by atoms with Gasteiger partial charge in [0, 0.05) is 35.2 Å². The van der Waals surface area contributed by atoms with E-state index in [1.807, 2.05) is 39.0 Å². The largest absolute Gasteiger partial charge is 0.494 e. The van der Waals surface area contributed by atoms with Crippen molar-refractivity contribution in [2.24, 2.45) is 5.16 Å². The Morgan fingerprint density at radius 2 is 2.00 bits per heavy atom. The second-order valence-corrected chi connectivity index (χ2v) is 9.07. The fraction of sp³-hybridized carbons (Fsp3) is 0.407. The van der Waals surface area contributed by atoms with E-state index in [1.54, 1.807) is 0 Å². The zero-order chi connectivity index (χ0) is 23.7. The van der Waals surface area contributed by atoms with Crippen molar-refractivity contribution in [3.8, 4) is 17.0 Å². The third-order valence-corrected chi connectivity index (χ3v) is 6.37. The molecule has 34 heavy (non-hydrogen) atoms. The van der Waals surface area contributed by atoms with E-state index in [0.717, 1.165) is 58.4 Å². The van der Waals surface area contributed by atoms with Crippen molar-refractivity contribution in [2.75, 3.05) is 18.5 Å². The van der Waals surface area contributed by atoms with E-state index < -0.39 is 6.09 Å². The minimum absolute atomic E-state index is 0.170. The number of rotatable bonds is 7. The number of amides is 1. The lowest BCUT2D eigenvalue weighted by atomic mass is 9.92. The van der Waals surface area contributed by atoms with Crippen LogP contribution in [0.25, 0.3) is 22.2 Å². The highest BCUT2D eigenvalue weighted by atomic mass is 16.6. The molecule has 1 amide bonds. The van der Waals surface area contributed by atoms with Crippen LogP contribution >= 0.6 is 0 Å². The Labute approximate surface area is 199 Å². The number of hydrogen-bond acceptors (Lipinski definition) is 5. The number of nitrogens with zero attached hydrogens (tertiary/aromatic N) is 2. The van der Waals surface area contributed by atoms with Crippen LogP contribution < -0.4 is 10.1 Å². The molecule has 0 atom stereocenters. The third kappa shape index (κ3) is 4.22. The number of carbonyl (C=O) groups excluding carboxylic acids is 1. The van der Waals surface area contributed by atoms with E-state index in [0.29, 0.717) is 24.9 Å². The van der Waals surface area contributed by atoms with Gasteiger partial charge in [0.15, 0.2) is 0 Å². The molecule has 3 aromatic rings. The molecule has 2 aromatic carbocycles. The number of carbonyl (C=O) groups is 1. The Balaban J connectivity index is 1.63. The van der Waals surface area contributed by atoms with Crippen LogP contribution in [0.3, 0.4) is 0 Å². The molecule has 2 heterocycles. The number of nitrogens with one attached hydrogen (secondary N) is 1. The van der Waals surface area contributed by atoms with Crippen molar-refractivity contribution in [1.29, 1.82) is 0 Å². The van der Waals surface area contributed by atoms with Crippen molar-refractivity contribution < 1.29 is 19.1 Å². The zero-order valence-corrected chi connectivity index (χ0v) is 20.0. The third-order valence-electron chi connectivity index (χ3n) is 6.37. The minimum Gasteiger partial charge on any atom is -0.494 e. The molecule has 5 rings (SSSR count). The van der Waals surface area contributed by atoms with Gasteiger partial charge in [-0.15, -0.1) is 0 Å². The second-order valence-electron chi connectivity index (χ2n) is 9.07. The molecule has 0 saturated heterocycles. The first-order valence-corrected chi connectivity index (χ1v) is 12.1. The average Bonchev–Trinajstić information content (AvgIpc) is 3.39. The van der Waals surface area contributed by atoms with Crippen LogP contribution in [-0.4, -0.2) is 35.7 Å². The second kappa shape index (κ2) is 9.41. The van der Waals surface area contributed by atoms with Gasteiger partial charge in [-0.25, -0.2) is 4.79 Å². The van der Waals surface area contributed by atoms with Gasteiger partial charge in [0.1, 0.15) is 12.4 Å². The van der Waals surface area contributed by atoms with Gasteiger partial charge >= 0.3 is 6.09 Å². The summed E-state index contributed by atoms with van der Waals surface area (Å²) in [5, 5.41) is 8.37. The van der Waals surface area contributed by atoms with Gasteiger partial charge in [0.2, 0.25) is 0 Å². The molecule has 7 nitrogen and oxygen atoms in total. The Hall–Kier alpha value is -3.48. The van der Waals surface area contributed by atoms with Crippen LogP contribution in [-0.2, 0) is 9.57 Å². The van der Waals surface area contributed by atoms with E-state index in [1.165, 1.54) is 6.42 Å². The zero-order valence-electron chi connectivity index (χ0n) is 20.0. The highest BCUT2D eigenvalue weighted by molar-refractivity contribution is 6.16. The molecule has 1 fully saturated rings. The summed E-state index contributed by atoms with van der Waals surface area (Å²) in [6.07, 6.45) is 3.70. The quantitative estimate of drug-likeness (QED) is 0.435. The molecule has 0 spiro atoms. The van der Waals surface area contributed by atoms with E-state index in [-0.39, 0.29) is 6.10 Å². The predicted molar refractivity (Wildman–Crippen MR) is 134 cm³/mol. The van der Waals surface area contributed by atoms with Crippen LogP contribution in [0, 0.1) is 0 Å². The molecule has 1 aliphatic heterocycles. The molecule has 178 valence electrons. The normalized spacial score (nSPS) is 15.7. The van der Waals surface area contributed by atoms with Gasteiger partial charge in [-0.3, -0.25) is 5.32 Å². The smallest absolute Gasteiger partial charge is 0.411 e. The molecule has 1 aromatic heterocycles. The summed E-state index contributed by atoms with van der Waals surface area (Å²) >= 11 is 0. The van der Waals surface area contributed by atoms with Crippen molar-refractivity contribution in [3.05, 3.63) is 48.0 Å². The van der Waals surface area contributed by atoms with Crippen LogP contribution in [0.2, 0.25) is 0 Å². The molecule has 1 N–H and O–H groups in total. The first-order valence-electron chi connectivity index (χ1n) is 12.1. The molecular formula is C27H31N3O4. The summed E-state index contributed by atoms with van der Waals surface area (Å²) in [6, 6.07) is 14.7. The van der Waals surface area contributed by atoms with E-state index >= 15 is 0 Å². The molecule has 0 bridgehead atoms. The number of benzene rings is 2. The van der Waals surface area contributed by atoms with E-state index in [4.69, 9.17) is 14.3 Å². The summed E-state index contributed by atoms with van der Waals surface area (Å²) in [4.78, 5) is 17.4. The minimum atomic E-state index is -0.451. The SMILES string of the molecule is CCOc1ccc2c(C3=NOCC3)c(-c3ccc(NC(=O)OC(C)C)cc3)n(C3CCC3)c2c1. The van der Waals surface area contributed by atoms with Gasteiger partial charge < -0.3 is 18.9 Å². The van der Waals surface area contributed by atoms with Crippen LogP contribution in [0.5, 0.6) is 5.75 Å². The maximum absolute atomic E-state index is 12.0. The summed E-state index contributed by atoms with van der Waals surface area (Å²) in [5.74, 6) is 0.874. The Kier molecular flexibility index (Phi) is 6.18. The topological polar surface area (TPSA) is 74.1 Å². The Bertz CT molecular complexity index is 1220.